The van der Waals surface area contributed by atoms with Crippen LogP contribution < -0.4 is 0 Å². The fraction of sp³-hybridized carbons (Fsp3) is 0.375. The topological polar surface area (TPSA) is 41.6 Å². The van der Waals surface area contributed by atoms with E-state index in [2.05, 4.69) is 24.9 Å². The number of aromatic nitrogens is 2. The van der Waals surface area contributed by atoms with Gasteiger partial charge >= 0.3 is 0 Å². The summed E-state index contributed by atoms with van der Waals surface area (Å²) in [5.41, 5.74) is 3.91. The molecular weight excluding hydrogens is 253 g/mol. The zero-order valence-electron chi connectivity index (χ0n) is 11.9. The Labute approximate surface area is 117 Å². The largest absolute Gasteiger partial charge is 0.335 e. The summed E-state index contributed by atoms with van der Waals surface area (Å²) in [6.07, 6.45) is 2.10. The van der Waals surface area contributed by atoms with Crippen molar-refractivity contribution in [2.45, 2.75) is 33.7 Å². The molecule has 0 saturated carbocycles. The summed E-state index contributed by atoms with van der Waals surface area (Å²) >= 11 is 0. The zero-order chi connectivity index (χ0) is 14.5. The van der Waals surface area contributed by atoms with Gasteiger partial charge in [0.25, 0.3) is 0 Å². The molecule has 0 radical (unpaired) electrons. The van der Waals surface area contributed by atoms with Crippen LogP contribution in [0, 0.1) is 29.5 Å². The summed E-state index contributed by atoms with van der Waals surface area (Å²) in [6.45, 7) is 6.98. The van der Waals surface area contributed by atoms with Gasteiger partial charge in [-0.15, -0.1) is 0 Å². The molecule has 0 aromatic carbocycles. The smallest absolute Gasteiger partial charge is 0.149 e. The number of hydrogen-bond acceptors (Lipinski definition) is 2. The summed E-state index contributed by atoms with van der Waals surface area (Å²) < 4.78 is 16.1. The predicted octanol–water partition coefficient (Wildman–Crippen LogP) is 3.45. The van der Waals surface area contributed by atoms with Crippen molar-refractivity contribution in [2.24, 2.45) is 5.41 Å². The molecule has 0 fully saturated rings. The molecule has 0 aliphatic carbocycles. The van der Waals surface area contributed by atoms with E-state index in [0.717, 1.165) is 29.9 Å². The normalized spacial score (nSPS) is 15.9. The molecule has 0 unspecified atom stereocenters. The van der Waals surface area contributed by atoms with Gasteiger partial charge in [0.1, 0.15) is 17.6 Å². The van der Waals surface area contributed by atoms with Crippen molar-refractivity contribution in [3.63, 3.8) is 0 Å². The highest BCUT2D eigenvalue weighted by atomic mass is 19.1. The van der Waals surface area contributed by atoms with E-state index in [1.807, 2.05) is 11.5 Å². The summed E-state index contributed by atoms with van der Waals surface area (Å²) in [5, 5.41) is 9.28. The van der Waals surface area contributed by atoms with Crippen LogP contribution in [0.3, 0.4) is 0 Å². The van der Waals surface area contributed by atoms with Crippen molar-refractivity contribution < 1.29 is 4.39 Å². The Balaban J connectivity index is 2.22. The van der Waals surface area contributed by atoms with E-state index in [0.29, 0.717) is 11.3 Å². The molecule has 2 aromatic rings. The molecule has 20 heavy (non-hydrogen) atoms. The molecule has 3 heterocycles. The van der Waals surface area contributed by atoms with Crippen molar-refractivity contribution >= 4 is 0 Å². The van der Waals surface area contributed by atoms with Gasteiger partial charge in [0, 0.05) is 29.1 Å². The zero-order valence-corrected chi connectivity index (χ0v) is 11.9. The quantitative estimate of drug-likeness (QED) is 0.795. The second-order valence-corrected chi connectivity index (χ2v) is 6.23. The van der Waals surface area contributed by atoms with Crippen molar-refractivity contribution in [3.05, 3.63) is 41.2 Å². The molecule has 1 aliphatic heterocycles. The van der Waals surface area contributed by atoms with Crippen LogP contribution in [0.15, 0.2) is 18.3 Å². The molecule has 0 atom stereocenters. The fourth-order valence-electron chi connectivity index (χ4n) is 2.97. The second kappa shape index (κ2) is 4.17. The van der Waals surface area contributed by atoms with Gasteiger partial charge in [-0.05, 0) is 30.9 Å². The van der Waals surface area contributed by atoms with Crippen molar-refractivity contribution in [3.8, 4) is 17.2 Å². The standard InChI is InChI=1S/C16H16FN3/c1-10-4-12(14(17)8-19-10)13-5-11(7-18)20-9-16(2,3)6-15(13)20/h4-5,8H,6,9H2,1-3H3. The minimum atomic E-state index is -0.335. The number of nitrogens with zero attached hydrogens (tertiary/aromatic N) is 3. The van der Waals surface area contributed by atoms with Crippen LogP contribution in [0.5, 0.6) is 0 Å². The Morgan fingerprint density at radius 3 is 2.80 bits per heavy atom. The molecule has 2 aromatic heterocycles. The summed E-state index contributed by atoms with van der Waals surface area (Å²) in [6, 6.07) is 5.76. The minimum absolute atomic E-state index is 0.107. The van der Waals surface area contributed by atoms with E-state index in [1.54, 1.807) is 12.1 Å². The molecule has 0 N–H and O–H groups in total. The van der Waals surface area contributed by atoms with E-state index in [4.69, 9.17) is 0 Å². The van der Waals surface area contributed by atoms with E-state index in [9.17, 15) is 9.65 Å². The summed E-state index contributed by atoms with van der Waals surface area (Å²) in [5.74, 6) is -0.335. The Kier molecular flexibility index (Phi) is 2.68. The summed E-state index contributed by atoms with van der Waals surface area (Å²) in [7, 11) is 0. The van der Waals surface area contributed by atoms with E-state index in [-0.39, 0.29) is 11.2 Å². The first-order chi connectivity index (χ1) is 9.41. The van der Waals surface area contributed by atoms with Crippen LogP contribution >= 0.6 is 0 Å². The maximum absolute atomic E-state index is 14.1. The molecule has 0 amide bonds. The molecule has 0 saturated heterocycles. The van der Waals surface area contributed by atoms with Crippen molar-refractivity contribution in [2.75, 3.05) is 0 Å². The number of aryl methyl sites for hydroxylation is 1. The van der Waals surface area contributed by atoms with Gasteiger partial charge in [-0.1, -0.05) is 13.8 Å². The number of halogens is 1. The predicted molar refractivity (Wildman–Crippen MR) is 74.6 cm³/mol. The molecule has 4 heteroatoms. The minimum Gasteiger partial charge on any atom is -0.335 e. The third kappa shape index (κ3) is 1.90. The van der Waals surface area contributed by atoms with Gasteiger partial charge in [-0.2, -0.15) is 5.26 Å². The number of pyridine rings is 1. The number of fused-ring (bicyclic) bond motifs is 1. The molecule has 3 rings (SSSR count). The lowest BCUT2D eigenvalue weighted by molar-refractivity contribution is 0.358. The molecule has 0 spiro atoms. The van der Waals surface area contributed by atoms with E-state index in [1.165, 1.54) is 6.20 Å². The fourth-order valence-corrected chi connectivity index (χ4v) is 2.97. The first-order valence-electron chi connectivity index (χ1n) is 6.66. The van der Waals surface area contributed by atoms with Crippen LogP contribution in [0.4, 0.5) is 4.39 Å². The maximum Gasteiger partial charge on any atom is 0.149 e. The average Bonchev–Trinajstić information content (AvgIpc) is 2.85. The number of hydrogen-bond donors (Lipinski definition) is 0. The maximum atomic E-state index is 14.1. The third-order valence-corrected chi connectivity index (χ3v) is 3.84. The highest BCUT2D eigenvalue weighted by Gasteiger charge is 2.33. The Morgan fingerprint density at radius 2 is 2.10 bits per heavy atom. The molecule has 1 aliphatic rings. The Hall–Kier alpha value is -2.15. The first kappa shape index (κ1) is 12.9. The van der Waals surface area contributed by atoms with Gasteiger partial charge in [0.15, 0.2) is 0 Å². The lowest BCUT2D eigenvalue weighted by Crippen LogP contribution is -2.13. The second-order valence-electron chi connectivity index (χ2n) is 6.23. The highest BCUT2D eigenvalue weighted by molar-refractivity contribution is 5.70. The molecular formula is C16H16FN3. The van der Waals surface area contributed by atoms with Crippen LogP contribution in [0.1, 0.15) is 30.9 Å². The summed E-state index contributed by atoms with van der Waals surface area (Å²) in [4.78, 5) is 3.97. The van der Waals surface area contributed by atoms with Gasteiger partial charge in [-0.3, -0.25) is 4.98 Å². The van der Waals surface area contributed by atoms with Gasteiger partial charge in [-0.25, -0.2) is 4.39 Å². The molecule has 0 bridgehead atoms. The van der Waals surface area contributed by atoms with Gasteiger partial charge in [0.2, 0.25) is 0 Å². The third-order valence-electron chi connectivity index (χ3n) is 3.84. The average molecular weight is 269 g/mol. The van der Waals surface area contributed by atoms with Gasteiger partial charge < -0.3 is 4.57 Å². The highest BCUT2D eigenvalue weighted by Crippen LogP contribution is 2.40. The van der Waals surface area contributed by atoms with Crippen molar-refractivity contribution in [1.82, 2.24) is 9.55 Å². The first-order valence-corrected chi connectivity index (χ1v) is 6.66. The monoisotopic (exact) mass is 269 g/mol. The van der Waals surface area contributed by atoms with Crippen LogP contribution in [0.2, 0.25) is 0 Å². The SMILES string of the molecule is Cc1cc(-c2cc(C#N)n3c2CC(C)(C)C3)c(F)cn1. The van der Waals surface area contributed by atoms with Crippen LogP contribution in [0.25, 0.3) is 11.1 Å². The van der Waals surface area contributed by atoms with Crippen LogP contribution in [-0.2, 0) is 13.0 Å². The lowest BCUT2D eigenvalue weighted by Gasteiger charge is -2.15. The van der Waals surface area contributed by atoms with Gasteiger partial charge in [0.05, 0.1) is 6.20 Å². The Morgan fingerprint density at radius 1 is 1.35 bits per heavy atom. The molecule has 102 valence electrons. The van der Waals surface area contributed by atoms with E-state index >= 15 is 0 Å². The Bertz CT molecular complexity index is 735. The van der Waals surface area contributed by atoms with Crippen LogP contribution in [-0.4, -0.2) is 9.55 Å². The lowest BCUT2D eigenvalue weighted by atomic mass is 9.89. The van der Waals surface area contributed by atoms with Crippen molar-refractivity contribution in [1.29, 1.82) is 5.26 Å². The number of nitriles is 1. The molecule has 3 nitrogen and oxygen atoms in total. The van der Waals surface area contributed by atoms with E-state index < -0.39 is 0 Å². The number of rotatable bonds is 1.